The second-order valence-corrected chi connectivity index (χ2v) is 6.20. The van der Waals surface area contributed by atoms with Crippen LogP contribution >= 0.6 is 0 Å². The zero-order valence-electron chi connectivity index (χ0n) is 12.0. The normalized spacial score (nSPS) is 11.8. The molecule has 3 N–H and O–H groups in total. The molecule has 5 nitrogen and oxygen atoms in total. The van der Waals surface area contributed by atoms with Gasteiger partial charge >= 0.3 is 0 Å². The van der Waals surface area contributed by atoms with Gasteiger partial charge in [-0.25, -0.2) is 17.5 Å². The average molecular weight is 304 g/mol. The van der Waals surface area contributed by atoms with Gasteiger partial charge < -0.3 is 10.5 Å². The minimum atomic E-state index is -3.70. The van der Waals surface area contributed by atoms with Gasteiger partial charge in [0.25, 0.3) is 0 Å². The Kier molecular flexibility index (Phi) is 5.91. The SMILES string of the molecule is CCOCCCNS(=O)(=O)c1c(C)cc(F)c(N)c1C. The van der Waals surface area contributed by atoms with E-state index in [2.05, 4.69) is 4.72 Å². The summed E-state index contributed by atoms with van der Waals surface area (Å²) in [7, 11) is -3.70. The highest BCUT2D eigenvalue weighted by Gasteiger charge is 2.22. The van der Waals surface area contributed by atoms with Crippen LogP contribution < -0.4 is 10.5 Å². The van der Waals surface area contributed by atoms with Crippen molar-refractivity contribution in [3.8, 4) is 0 Å². The lowest BCUT2D eigenvalue weighted by atomic mass is 10.1. The van der Waals surface area contributed by atoms with Gasteiger partial charge in [-0.1, -0.05) is 0 Å². The number of rotatable bonds is 7. The van der Waals surface area contributed by atoms with Crippen LogP contribution in [0.2, 0.25) is 0 Å². The maximum atomic E-state index is 13.4. The maximum absolute atomic E-state index is 13.4. The lowest BCUT2D eigenvalue weighted by molar-refractivity contribution is 0.146. The standard InChI is InChI=1S/C13H21FN2O3S/c1-4-19-7-5-6-16-20(17,18)13-9(2)8-11(14)12(15)10(13)3/h8,16H,4-7,15H2,1-3H3. The fourth-order valence-corrected chi connectivity index (χ4v) is 3.49. The Morgan fingerprint density at radius 3 is 2.65 bits per heavy atom. The van der Waals surface area contributed by atoms with E-state index in [1.54, 1.807) is 6.92 Å². The van der Waals surface area contributed by atoms with Crippen LogP contribution in [0.3, 0.4) is 0 Å². The zero-order valence-corrected chi connectivity index (χ0v) is 12.8. The molecule has 0 spiro atoms. The van der Waals surface area contributed by atoms with Crippen LogP contribution in [0.1, 0.15) is 24.5 Å². The van der Waals surface area contributed by atoms with Crippen molar-refractivity contribution < 1.29 is 17.5 Å². The molecule has 0 heterocycles. The smallest absolute Gasteiger partial charge is 0.241 e. The molecule has 0 aliphatic rings. The van der Waals surface area contributed by atoms with Crippen LogP contribution in [-0.2, 0) is 14.8 Å². The van der Waals surface area contributed by atoms with Crippen LogP contribution in [-0.4, -0.2) is 28.2 Å². The van der Waals surface area contributed by atoms with E-state index >= 15 is 0 Å². The van der Waals surface area contributed by atoms with E-state index in [-0.39, 0.29) is 22.7 Å². The lowest BCUT2D eigenvalue weighted by Crippen LogP contribution is -2.27. The van der Waals surface area contributed by atoms with Gasteiger partial charge in [-0.3, -0.25) is 0 Å². The monoisotopic (exact) mass is 304 g/mol. The molecule has 1 aromatic carbocycles. The van der Waals surface area contributed by atoms with Gasteiger partial charge in [-0.05, 0) is 44.4 Å². The summed E-state index contributed by atoms with van der Waals surface area (Å²) in [5.74, 6) is -0.602. The third-order valence-corrected chi connectivity index (χ3v) is 4.68. The average Bonchev–Trinajstić information content (AvgIpc) is 2.35. The first-order valence-corrected chi connectivity index (χ1v) is 7.92. The maximum Gasteiger partial charge on any atom is 0.241 e. The molecule has 0 aliphatic heterocycles. The number of sulfonamides is 1. The van der Waals surface area contributed by atoms with Crippen LogP contribution in [0.5, 0.6) is 0 Å². The summed E-state index contributed by atoms with van der Waals surface area (Å²) in [4.78, 5) is 0.0489. The molecule has 20 heavy (non-hydrogen) atoms. The molecule has 0 saturated heterocycles. The van der Waals surface area contributed by atoms with Gasteiger partial charge in [0.05, 0.1) is 10.6 Å². The minimum Gasteiger partial charge on any atom is -0.396 e. The number of nitrogens with two attached hydrogens (primary N) is 1. The topological polar surface area (TPSA) is 81.4 Å². The van der Waals surface area contributed by atoms with Crippen molar-refractivity contribution in [3.05, 3.63) is 23.0 Å². The highest BCUT2D eigenvalue weighted by Crippen LogP contribution is 2.27. The van der Waals surface area contributed by atoms with Crippen LogP contribution in [0, 0.1) is 19.7 Å². The largest absolute Gasteiger partial charge is 0.396 e. The fraction of sp³-hybridized carbons (Fsp3) is 0.538. The molecule has 0 aliphatic carbocycles. The fourth-order valence-electron chi connectivity index (χ4n) is 1.94. The van der Waals surface area contributed by atoms with E-state index in [4.69, 9.17) is 10.5 Å². The third-order valence-electron chi connectivity index (χ3n) is 2.93. The number of hydrogen-bond donors (Lipinski definition) is 2. The van der Waals surface area contributed by atoms with Crippen molar-refractivity contribution in [1.29, 1.82) is 0 Å². The number of hydrogen-bond acceptors (Lipinski definition) is 4. The van der Waals surface area contributed by atoms with Crippen molar-refractivity contribution in [1.82, 2.24) is 4.72 Å². The van der Waals surface area contributed by atoms with Gasteiger partial charge in [-0.15, -0.1) is 0 Å². The first-order valence-electron chi connectivity index (χ1n) is 6.43. The second kappa shape index (κ2) is 7.01. The molecule has 1 rings (SSSR count). The van der Waals surface area contributed by atoms with Crippen molar-refractivity contribution in [2.24, 2.45) is 0 Å². The van der Waals surface area contributed by atoms with Crippen LogP contribution in [0.25, 0.3) is 0 Å². The van der Waals surface area contributed by atoms with Crippen LogP contribution in [0.4, 0.5) is 10.1 Å². The molecular formula is C13H21FN2O3S. The Bertz CT molecular complexity index is 573. The predicted octanol–water partition coefficient (Wildman–Crippen LogP) is 1.73. The molecule has 0 atom stereocenters. The van der Waals surface area contributed by atoms with E-state index in [1.807, 2.05) is 6.92 Å². The summed E-state index contributed by atoms with van der Waals surface area (Å²) in [6, 6.07) is 1.14. The Labute approximate surface area is 119 Å². The van der Waals surface area contributed by atoms with E-state index in [0.29, 0.717) is 25.2 Å². The first-order chi connectivity index (χ1) is 9.31. The highest BCUT2D eigenvalue weighted by atomic mass is 32.2. The van der Waals surface area contributed by atoms with E-state index in [0.717, 1.165) is 6.07 Å². The number of ether oxygens (including phenoxy) is 1. The molecule has 0 bridgehead atoms. The van der Waals surface area contributed by atoms with Crippen LogP contribution in [0.15, 0.2) is 11.0 Å². The molecule has 0 fully saturated rings. The summed E-state index contributed by atoms with van der Waals surface area (Å²) < 4.78 is 45.5. The number of aryl methyl sites for hydroxylation is 1. The van der Waals surface area contributed by atoms with Crippen molar-refractivity contribution in [3.63, 3.8) is 0 Å². The summed E-state index contributed by atoms with van der Waals surface area (Å²) in [5, 5.41) is 0. The predicted molar refractivity (Wildman–Crippen MR) is 76.6 cm³/mol. The minimum absolute atomic E-state index is 0.0489. The molecule has 0 radical (unpaired) electrons. The Morgan fingerprint density at radius 1 is 1.40 bits per heavy atom. The Morgan fingerprint density at radius 2 is 2.05 bits per heavy atom. The molecule has 7 heteroatoms. The zero-order chi connectivity index (χ0) is 15.3. The number of halogens is 1. The number of anilines is 1. The van der Waals surface area contributed by atoms with Gasteiger partial charge in [0.2, 0.25) is 10.0 Å². The lowest BCUT2D eigenvalue weighted by Gasteiger charge is -2.14. The Hall–Kier alpha value is -1.18. The molecule has 0 amide bonds. The van der Waals surface area contributed by atoms with Crippen molar-refractivity contribution >= 4 is 15.7 Å². The molecule has 114 valence electrons. The number of nitrogens with one attached hydrogen (secondary N) is 1. The van der Waals surface area contributed by atoms with Gasteiger partial charge in [-0.2, -0.15) is 0 Å². The summed E-state index contributed by atoms with van der Waals surface area (Å²) >= 11 is 0. The quantitative estimate of drug-likeness (QED) is 0.594. The van der Waals surface area contributed by atoms with E-state index in [9.17, 15) is 12.8 Å². The summed E-state index contributed by atoms with van der Waals surface area (Å²) in [6.07, 6.45) is 0.571. The molecule has 1 aromatic rings. The van der Waals surface area contributed by atoms with Crippen molar-refractivity contribution in [2.75, 3.05) is 25.5 Å². The second-order valence-electron chi connectivity index (χ2n) is 4.49. The molecule has 0 aromatic heterocycles. The number of benzene rings is 1. The van der Waals surface area contributed by atoms with E-state index < -0.39 is 15.8 Å². The Balaban J connectivity index is 2.91. The van der Waals surface area contributed by atoms with Gasteiger partial charge in [0.15, 0.2) is 0 Å². The molecular weight excluding hydrogens is 283 g/mol. The summed E-state index contributed by atoms with van der Waals surface area (Å²) in [6.45, 7) is 6.27. The third kappa shape index (κ3) is 3.91. The van der Waals surface area contributed by atoms with Gasteiger partial charge in [0.1, 0.15) is 5.82 Å². The first kappa shape index (κ1) is 16.9. The molecule has 0 saturated carbocycles. The van der Waals surface area contributed by atoms with Gasteiger partial charge in [0, 0.05) is 19.8 Å². The van der Waals surface area contributed by atoms with Crippen molar-refractivity contribution in [2.45, 2.75) is 32.1 Å². The number of nitrogen functional groups attached to an aromatic ring is 1. The highest BCUT2D eigenvalue weighted by molar-refractivity contribution is 7.89. The summed E-state index contributed by atoms with van der Waals surface area (Å²) in [5.41, 5.74) is 6.00. The molecule has 0 unspecified atom stereocenters. The van der Waals surface area contributed by atoms with E-state index in [1.165, 1.54) is 6.92 Å².